The number of nitrogens with one attached hydrogen (secondary N) is 1. The first kappa shape index (κ1) is 16.8. The number of amides is 2. The molecule has 1 N–H and O–H groups in total. The molecular weight excluding hydrogens is 302 g/mol. The van der Waals surface area contributed by atoms with Crippen molar-refractivity contribution < 1.29 is 14.3 Å². The highest BCUT2D eigenvalue weighted by Gasteiger charge is 2.16. The van der Waals surface area contributed by atoms with Gasteiger partial charge in [0.15, 0.2) is 0 Å². The number of carbonyl (C=O) groups is 2. The van der Waals surface area contributed by atoms with Crippen LogP contribution in [0.5, 0.6) is 0 Å². The van der Waals surface area contributed by atoms with E-state index in [0.29, 0.717) is 44.8 Å². The molecule has 0 spiro atoms. The van der Waals surface area contributed by atoms with E-state index in [4.69, 9.17) is 4.74 Å². The third-order valence-electron chi connectivity index (χ3n) is 3.28. The molecule has 0 unspecified atom stereocenters. The predicted molar refractivity (Wildman–Crippen MR) is 85.0 cm³/mol. The zero-order valence-corrected chi connectivity index (χ0v) is 13.5. The van der Waals surface area contributed by atoms with Crippen molar-refractivity contribution in [1.29, 1.82) is 0 Å². The van der Waals surface area contributed by atoms with Gasteiger partial charge in [-0.3, -0.25) is 9.59 Å². The third kappa shape index (κ3) is 4.99. The first-order valence-corrected chi connectivity index (χ1v) is 8.42. The summed E-state index contributed by atoms with van der Waals surface area (Å²) in [5.41, 5.74) is 0.574. The molecule has 1 aliphatic heterocycles. The minimum absolute atomic E-state index is 0.0561. The number of thioether (sulfide) groups is 1. The molecule has 0 aromatic carbocycles. The van der Waals surface area contributed by atoms with Crippen molar-refractivity contribution >= 4 is 23.6 Å². The quantitative estimate of drug-likeness (QED) is 0.796. The average molecular weight is 323 g/mol. The van der Waals surface area contributed by atoms with E-state index in [1.54, 1.807) is 35.0 Å². The average Bonchev–Trinajstić information content (AvgIpc) is 2.56. The number of morpholine rings is 1. The molecule has 22 heavy (non-hydrogen) atoms. The summed E-state index contributed by atoms with van der Waals surface area (Å²) in [6, 6.07) is 3.45. The van der Waals surface area contributed by atoms with E-state index in [-0.39, 0.29) is 11.8 Å². The Bertz CT molecular complexity index is 519. The van der Waals surface area contributed by atoms with Crippen LogP contribution in [0.25, 0.3) is 0 Å². The number of ether oxygens (including phenoxy) is 1. The molecule has 1 aliphatic rings. The summed E-state index contributed by atoms with van der Waals surface area (Å²) in [6.07, 6.45) is 1.94. The van der Waals surface area contributed by atoms with E-state index >= 15 is 0 Å². The fourth-order valence-corrected chi connectivity index (χ4v) is 2.77. The number of rotatable bonds is 6. The number of pyridine rings is 1. The molecule has 0 atom stereocenters. The summed E-state index contributed by atoms with van der Waals surface area (Å²) >= 11 is 1.59. The lowest BCUT2D eigenvalue weighted by molar-refractivity contribution is -0.135. The van der Waals surface area contributed by atoms with Crippen LogP contribution in [0.2, 0.25) is 0 Å². The largest absolute Gasteiger partial charge is 0.378 e. The molecule has 1 aromatic rings. The Balaban J connectivity index is 1.77. The first-order chi connectivity index (χ1) is 10.7. The predicted octanol–water partition coefficient (Wildman–Crippen LogP) is 1.17. The lowest BCUT2D eigenvalue weighted by Gasteiger charge is -2.26. The standard InChI is InChI=1S/C15H21N3O3S/c1-2-22-13-11-12(3-5-16-13)15(20)17-6-4-14(19)18-7-9-21-10-8-18/h3,5,11H,2,4,6-10H2,1H3,(H,17,20). The summed E-state index contributed by atoms with van der Waals surface area (Å²) in [4.78, 5) is 30.0. The van der Waals surface area contributed by atoms with Crippen molar-refractivity contribution in [1.82, 2.24) is 15.2 Å². The molecule has 0 bridgehead atoms. The van der Waals surface area contributed by atoms with Gasteiger partial charge in [-0.2, -0.15) is 0 Å². The van der Waals surface area contributed by atoms with Crippen molar-refractivity contribution in [2.75, 3.05) is 38.6 Å². The molecular formula is C15H21N3O3S. The van der Waals surface area contributed by atoms with E-state index in [0.717, 1.165) is 10.8 Å². The normalized spacial score (nSPS) is 14.7. The Hall–Kier alpha value is -1.60. The second-order valence-electron chi connectivity index (χ2n) is 4.81. The molecule has 2 rings (SSSR count). The van der Waals surface area contributed by atoms with Gasteiger partial charge in [-0.05, 0) is 17.9 Å². The zero-order valence-electron chi connectivity index (χ0n) is 12.7. The van der Waals surface area contributed by atoms with Crippen LogP contribution in [0, 0.1) is 0 Å². The highest BCUT2D eigenvalue weighted by molar-refractivity contribution is 7.99. The fourth-order valence-electron chi connectivity index (χ4n) is 2.13. The van der Waals surface area contributed by atoms with E-state index in [1.807, 2.05) is 6.92 Å². The second kappa shape index (κ2) is 8.75. The lowest BCUT2D eigenvalue weighted by Crippen LogP contribution is -2.42. The van der Waals surface area contributed by atoms with Gasteiger partial charge < -0.3 is 15.0 Å². The van der Waals surface area contributed by atoms with Crippen molar-refractivity contribution in [2.24, 2.45) is 0 Å². The van der Waals surface area contributed by atoms with Crippen LogP contribution < -0.4 is 5.32 Å². The Kier molecular flexibility index (Phi) is 6.67. The van der Waals surface area contributed by atoms with Crippen molar-refractivity contribution in [3.8, 4) is 0 Å². The van der Waals surface area contributed by atoms with E-state index in [1.165, 1.54) is 0 Å². The van der Waals surface area contributed by atoms with Crippen LogP contribution in [0.1, 0.15) is 23.7 Å². The molecule has 0 radical (unpaired) electrons. The van der Waals surface area contributed by atoms with E-state index in [9.17, 15) is 9.59 Å². The van der Waals surface area contributed by atoms with Crippen LogP contribution in [0.4, 0.5) is 0 Å². The van der Waals surface area contributed by atoms with Crippen molar-refractivity contribution in [3.63, 3.8) is 0 Å². The topological polar surface area (TPSA) is 71.5 Å². The molecule has 0 saturated carbocycles. The molecule has 1 aromatic heterocycles. The molecule has 0 aliphatic carbocycles. The maximum atomic E-state index is 12.1. The summed E-state index contributed by atoms with van der Waals surface area (Å²) in [5, 5.41) is 3.62. The van der Waals surface area contributed by atoms with Gasteiger partial charge in [0, 0.05) is 37.8 Å². The van der Waals surface area contributed by atoms with E-state index < -0.39 is 0 Å². The minimum atomic E-state index is -0.171. The Morgan fingerprint density at radius 2 is 2.18 bits per heavy atom. The zero-order chi connectivity index (χ0) is 15.8. The monoisotopic (exact) mass is 323 g/mol. The number of nitrogens with zero attached hydrogens (tertiary/aromatic N) is 2. The van der Waals surface area contributed by atoms with Crippen LogP contribution in [0.15, 0.2) is 23.4 Å². The molecule has 7 heteroatoms. The third-order valence-corrected chi connectivity index (χ3v) is 4.09. The molecule has 6 nitrogen and oxygen atoms in total. The van der Waals surface area contributed by atoms with Gasteiger partial charge in [0.05, 0.1) is 18.2 Å². The highest BCUT2D eigenvalue weighted by Crippen LogP contribution is 2.15. The maximum absolute atomic E-state index is 12.1. The van der Waals surface area contributed by atoms with E-state index in [2.05, 4.69) is 10.3 Å². The van der Waals surface area contributed by atoms with Crippen molar-refractivity contribution in [2.45, 2.75) is 18.4 Å². The molecule has 120 valence electrons. The van der Waals surface area contributed by atoms with Gasteiger partial charge in [0.2, 0.25) is 5.91 Å². The second-order valence-corrected chi connectivity index (χ2v) is 6.10. The number of aromatic nitrogens is 1. The van der Waals surface area contributed by atoms with Gasteiger partial charge in [-0.25, -0.2) is 4.98 Å². The smallest absolute Gasteiger partial charge is 0.251 e. The van der Waals surface area contributed by atoms with Gasteiger partial charge in [-0.15, -0.1) is 11.8 Å². The van der Waals surface area contributed by atoms with Crippen LogP contribution in [0.3, 0.4) is 0 Å². The van der Waals surface area contributed by atoms with Crippen LogP contribution >= 0.6 is 11.8 Å². The van der Waals surface area contributed by atoms with Crippen molar-refractivity contribution in [3.05, 3.63) is 23.9 Å². The molecule has 2 amide bonds. The van der Waals surface area contributed by atoms with Gasteiger partial charge in [0.1, 0.15) is 0 Å². The number of hydrogen-bond acceptors (Lipinski definition) is 5. The molecule has 2 heterocycles. The first-order valence-electron chi connectivity index (χ1n) is 7.43. The molecule has 1 saturated heterocycles. The number of hydrogen-bond donors (Lipinski definition) is 1. The van der Waals surface area contributed by atoms with Crippen LogP contribution in [-0.2, 0) is 9.53 Å². The fraction of sp³-hybridized carbons (Fsp3) is 0.533. The summed E-state index contributed by atoms with van der Waals surface area (Å²) in [6.45, 7) is 4.83. The molecule has 1 fully saturated rings. The summed E-state index contributed by atoms with van der Waals surface area (Å²) in [7, 11) is 0. The van der Waals surface area contributed by atoms with Gasteiger partial charge in [0.25, 0.3) is 5.91 Å². The summed E-state index contributed by atoms with van der Waals surface area (Å²) in [5.74, 6) is 0.794. The highest BCUT2D eigenvalue weighted by atomic mass is 32.2. The Labute approximate surface area is 134 Å². The number of carbonyl (C=O) groups excluding carboxylic acids is 2. The van der Waals surface area contributed by atoms with Crippen LogP contribution in [-0.4, -0.2) is 60.3 Å². The Morgan fingerprint density at radius 1 is 1.41 bits per heavy atom. The SMILES string of the molecule is CCSc1cc(C(=O)NCCC(=O)N2CCOCC2)ccn1. The Morgan fingerprint density at radius 3 is 2.91 bits per heavy atom. The lowest BCUT2D eigenvalue weighted by atomic mass is 10.2. The maximum Gasteiger partial charge on any atom is 0.251 e. The van der Waals surface area contributed by atoms with Gasteiger partial charge in [-0.1, -0.05) is 6.92 Å². The minimum Gasteiger partial charge on any atom is -0.378 e. The summed E-state index contributed by atoms with van der Waals surface area (Å²) < 4.78 is 5.21. The van der Waals surface area contributed by atoms with Gasteiger partial charge >= 0.3 is 0 Å².